The highest BCUT2D eigenvalue weighted by molar-refractivity contribution is 5.63. The fourth-order valence-corrected chi connectivity index (χ4v) is 6.92. The Bertz CT molecular complexity index is 886. The highest BCUT2D eigenvalue weighted by atomic mass is 15.5. The number of rotatable bonds is 3. The molecule has 1 atom stereocenters. The lowest BCUT2D eigenvalue weighted by molar-refractivity contribution is 0.0111. The molecule has 2 aliphatic carbocycles. The van der Waals surface area contributed by atoms with Crippen LogP contribution in [0.3, 0.4) is 0 Å². The second-order valence-corrected chi connectivity index (χ2v) is 9.76. The Morgan fingerprint density at radius 2 is 1.52 bits per heavy atom. The first-order valence-corrected chi connectivity index (χ1v) is 11.9. The quantitative estimate of drug-likeness (QED) is 0.537. The molecule has 1 aromatic carbocycles. The van der Waals surface area contributed by atoms with Crippen molar-refractivity contribution in [2.75, 3.05) is 4.90 Å². The number of para-hydroxylation sites is 1. The number of hydrogen-bond acceptors (Lipinski definition) is 2. The van der Waals surface area contributed by atoms with Gasteiger partial charge in [0.05, 0.1) is 11.2 Å². The van der Waals surface area contributed by atoms with Crippen LogP contribution in [0.2, 0.25) is 0 Å². The van der Waals surface area contributed by atoms with Gasteiger partial charge >= 0.3 is 0 Å². The first-order valence-electron chi connectivity index (χ1n) is 13.4. The van der Waals surface area contributed by atoms with Crippen LogP contribution in [-0.4, -0.2) is 16.6 Å². The molecule has 2 saturated carbocycles. The Balaban J connectivity index is 1.67. The van der Waals surface area contributed by atoms with Crippen molar-refractivity contribution in [3.63, 3.8) is 0 Å². The highest BCUT2D eigenvalue weighted by Gasteiger charge is 2.55. The molecule has 2 heteroatoms. The van der Waals surface area contributed by atoms with Gasteiger partial charge in [0.15, 0.2) is 0 Å². The summed E-state index contributed by atoms with van der Waals surface area (Å²) in [6.45, 7) is 2.12. The molecule has 4 aliphatic rings. The fraction of sp³-hybridized carbons (Fsp3) is 0.630. The molecule has 2 nitrogen and oxygen atoms in total. The standard InChI is InChI=1S/C27H38N2/c1-20-12-10-11-17-25(20)28-21(2)26-18-19-27(29(26)22(28)3,23-13-6-4-7-14-23)24-15-8-5-9-16-24/h10-12,17-19,22-24H,4-9,13-16H2,1-3H3/i3D3. The van der Waals surface area contributed by atoms with Crippen molar-refractivity contribution in [1.29, 1.82) is 0 Å². The van der Waals surface area contributed by atoms with Gasteiger partial charge in [-0.15, -0.1) is 0 Å². The summed E-state index contributed by atoms with van der Waals surface area (Å²) in [7, 11) is 0. The van der Waals surface area contributed by atoms with E-state index < -0.39 is 13.0 Å². The number of nitrogens with zero attached hydrogens (tertiary/aromatic N) is 2. The lowest BCUT2D eigenvalue weighted by atomic mass is 9.64. The molecule has 2 heterocycles. The van der Waals surface area contributed by atoms with Gasteiger partial charge in [0.25, 0.3) is 0 Å². The van der Waals surface area contributed by atoms with Crippen LogP contribution < -0.4 is 4.90 Å². The lowest BCUT2D eigenvalue weighted by Crippen LogP contribution is -2.59. The van der Waals surface area contributed by atoms with E-state index in [0.717, 1.165) is 22.6 Å². The zero-order valence-electron chi connectivity index (χ0n) is 21.2. The molecule has 1 unspecified atom stereocenters. The average molecular weight is 394 g/mol. The summed E-state index contributed by atoms with van der Waals surface area (Å²) in [6, 6.07) is 8.26. The normalized spacial score (nSPS) is 29.7. The Hall–Kier alpha value is -1.70. The summed E-state index contributed by atoms with van der Waals surface area (Å²) in [5, 5.41) is 0. The third-order valence-corrected chi connectivity index (χ3v) is 8.30. The topological polar surface area (TPSA) is 6.48 Å². The second-order valence-electron chi connectivity index (χ2n) is 9.76. The zero-order valence-corrected chi connectivity index (χ0v) is 18.2. The Morgan fingerprint density at radius 3 is 2.10 bits per heavy atom. The summed E-state index contributed by atoms with van der Waals surface area (Å²) in [4.78, 5) is 4.55. The Morgan fingerprint density at radius 1 is 0.897 bits per heavy atom. The van der Waals surface area contributed by atoms with Crippen LogP contribution in [0.4, 0.5) is 5.69 Å². The molecule has 0 saturated heterocycles. The van der Waals surface area contributed by atoms with E-state index in [1.807, 2.05) is 12.1 Å². The molecule has 2 fully saturated rings. The molecule has 0 aromatic heterocycles. The van der Waals surface area contributed by atoms with Gasteiger partial charge in [0.2, 0.25) is 0 Å². The van der Waals surface area contributed by atoms with E-state index in [9.17, 15) is 0 Å². The maximum atomic E-state index is 8.72. The van der Waals surface area contributed by atoms with Crippen LogP contribution >= 0.6 is 0 Å². The highest BCUT2D eigenvalue weighted by Crippen LogP contribution is 2.55. The predicted octanol–water partition coefficient (Wildman–Crippen LogP) is 7.16. The van der Waals surface area contributed by atoms with Gasteiger partial charge in [0.1, 0.15) is 6.17 Å². The minimum Gasteiger partial charge on any atom is -0.340 e. The number of allylic oxidation sites excluding steroid dienone is 2. The lowest BCUT2D eigenvalue weighted by Gasteiger charge is -2.53. The molecule has 29 heavy (non-hydrogen) atoms. The van der Waals surface area contributed by atoms with Crippen LogP contribution in [0.25, 0.3) is 0 Å². The van der Waals surface area contributed by atoms with E-state index in [1.165, 1.54) is 64.2 Å². The van der Waals surface area contributed by atoms with E-state index in [0.29, 0.717) is 11.8 Å². The first kappa shape index (κ1) is 16.1. The molecule has 156 valence electrons. The molecule has 0 spiro atoms. The van der Waals surface area contributed by atoms with Crippen molar-refractivity contribution in [1.82, 2.24) is 4.90 Å². The summed E-state index contributed by atoms with van der Waals surface area (Å²) < 4.78 is 26.2. The summed E-state index contributed by atoms with van der Waals surface area (Å²) in [5.41, 5.74) is 4.24. The van der Waals surface area contributed by atoms with E-state index in [4.69, 9.17) is 4.11 Å². The molecule has 0 N–H and O–H groups in total. The van der Waals surface area contributed by atoms with Crippen LogP contribution in [0.5, 0.6) is 0 Å². The molecule has 0 radical (unpaired) electrons. The number of hydrogen-bond donors (Lipinski definition) is 0. The number of anilines is 1. The number of benzene rings is 1. The molecule has 1 aromatic rings. The van der Waals surface area contributed by atoms with Crippen molar-refractivity contribution in [3.05, 3.63) is 53.4 Å². The molecular weight excluding hydrogens is 352 g/mol. The number of aryl methyl sites for hydroxylation is 1. The van der Waals surface area contributed by atoms with Crippen molar-refractivity contribution >= 4 is 5.69 Å². The van der Waals surface area contributed by atoms with Crippen LogP contribution in [0.15, 0.2) is 47.8 Å². The fourth-order valence-electron chi connectivity index (χ4n) is 6.92. The van der Waals surface area contributed by atoms with Gasteiger partial charge in [-0.1, -0.05) is 62.8 Å². The molecule has 0 amide bonds. The molecule has 5 rings (SSSR count). The van der Waals surface area contributed by atoms with Crippen LogP contribution in [-0.2, 0) is 0 Å². The van der Waals surface area contributed by atoms with E-state index in [1.54, 1.807) is 0 Å². The summed E-state index contributed by atoms with van der Waals surface area (Å²) in [6.07, 6.45) is 16.8. The maximum absolute atomic E-state index is 8.72. The van der Waals surface area contributed by atoms with Crippen LogP contribution in [0, 0.1) is 18.8 Å². The summed E-state index contributed by atoms with van der Waals surface area (Å²) in [5.74, 6) is 1.09. The third kappa shape index (κ3) is 2.89. The third-order valence-electron chi connectivity index (χ3n) is 8.30. The Labute approximate surface area is 181 Å². The van der Waals surface area contributed by atoms with Crippen molar-refractivity contribution < 1.29 is 4.11 Å². The summed E-state index contributed by atoms with van der Waals surface area (Å²) >= 11 is 0. The SMILES string of the molecule is [2H]C([2H])([2H])C1N(c2ccccc2C)C(C)=C2C=CC(C3CCCCC3)(C3CCCCC3)N21. The van der Waals surface area contributed by atoms with E-state index in [-0.39, 0.29) is 5.54 Å². The van der Waals surface area contributed by atoms with Gasteiger partial charge < -0.3 is 9.80 Å². The minimum absolute atomic E-state index is 0.159. The Kier molecular flexibility index (Phi) is 4.16. The molecule has 2 aliphatic heterocycles. The minimum atomic E-state index is -2.11. The van der Waals surface area contributed by atoms with E-state index in [2.05, 4.69) is 47.9 Å². The van der Waals surface area contributed by atoms with Gasteiger partial charge in [-0.3, -0.25) is 0 Å². The average Bonchev–Trinajstić information content (AvgIpc) is 3.32. The zero-order chi connectivity index (χ0) is 22.5. The monoisotopic (exact) mass is 393 g/mol. The first-order chi connectivity index (χ1) is 15.4. The van der Waals surface area contributed by atoms with Gasteiger partial charge in [-0.25, -0.2) is 0 Å². The molecule has 0 bridgehead atoms. The molecular formula is C27H38N2. The maximum Gasteiger partial charge on any atom is 0.104 e. The van der Waals surface area contributed by atoms with Crippen molar-refractivity contribution in [3.8, 4) is 0 Å². The van der Waals surface area contributed by atoms with Gasteiger partial charge in [-0.05, 0) is 75.9 Å². The van der Waals surface area contributed by atoms with E-state index >= 15 is 0 Å². The van der Waals surface area contributed by atoms with Crippen molar-refractivity contribution in [2.45, 2.75) is 96.6 Å². The predicted molar refractivity (Wildman–Crippen MR) is 123 cm³/mol. The largest absolute Gasteiger partial charge is 0.340 e. The number of fused-ring (bicyclic) bond motifs is 1. The van der Waals surface area contributed by atoms with Gasteiger partial charge in [0, 0.05) is 15.5 Å². The van der Waals surface area contributed by atoms with Crippen molar-refractivity contribution in [2.24, 2.45) is 11.8 Å². The smallest absolute Gasteiger partial charge is 0.104 e. The van der Waals surface area contributed by atoms with Gasteiger partial charge in [-0.2, -0.15) is 0 Å². The second kappa shape index (κ2) is 7.52. The van der Waals surface area contributed by atoms with Crippen LogP contribution in [0.1, 0.15) is 87.7 Å².